The van der Waals surface area contributed by atoms with Crippen LogP contribution < -0.4 is 4.90 Å². The van der Waals surface area contributed by atoms with Crippen molar-refractivity contribution in [3.63, 3.8) is 0 Å². The summed E-state index contributed by atoms with van der Waals surface area (Å²) in [4.78, 5) is 3.82. The molecule has 0 atom stereocenters. The van der Waals surface area contributed by atoms with Gasteiger partial charge in [0.05, 0.1) is 12.1 Å². The van der Waals surface area contributed by atoms with Crippen LogP contribution in [-0.4, -0.2) is 6.04 Å². The maximum Gasteiger partial charge on any atom is 0.100 e. The Hall–Kier alpha value is -1.31. The summed E-state index contributed by atoms with van der Waals surface area (Å²) in [5, 5.41) is 11.1. The summed E-state index contributed by atoms with van der Waals surface area (Å²) >= 11 is 5.27. The molecule has 1 heterocycles. The fourth-order valence-electron chi connectivity index (χ4n) is 2.16. The van der Waals surface area contributed by atoms with Crippen LogP contribution in [0.15, 0.2) is 40.2 Å². The summed E-state index contributed by atoms with van der Waals surface area (Å²) < 4.78 is 0.879. The standard InChI is InChI=1S/C15H13BrN2S/c16-15-8-13(4-3-11(15)9-17)18(12-5-6-12)10-14-2-1-7-19-14/h1-4,7-8,12H,5-6,10H2. The maximum atomic E-state index is 8.98. The molecule has 3 rings (SSSR count). The van der Waals surface area contributed by atoms with E-state index in [1.807, 2.05) is 6.07 Å². The molecule has 1 saturated carbocycles. The Balaban J connectivity index is 1.88. The average Bonchev–Trinajstić information content (AvgIpc) is 3.13. The molecule has 1 aliphatic rings. The number of benzene rings is 1. The van der Waals surface area contributed by atoms with Crippen LogP contribution >= 0.6 is 27.3 Å². The third-order valence-corrected chi connectivity index (χ3v) is 4.82. The number of thiophene rings is 1. The molecule has 0 radical (unpaired) electrons. The third-order valence-electron chi connectivity index (χ3n) is 3.30. The van der Waals surface area contributed by atoms with Crippen LogP contribution in [0.2, 0.25) is 0 Å². The highest BCUT2D eigenvalue weighted by molar-refractivity contribution is 9.10. The van der Waals surface area contributed by atoms with E-state index in [0.717, 1.165) is 11.0 Å². The summed E-state index contributed by atoms with van der Waals surface area (Å²) in [5.41, 5.74) is 1.89. The lowest BCUT2D eigenvalue weighted by molar-refractivity contribution is 0.803. The molecule has 19 heavy (non-hydrogen) atoms. The molecule has 1 aromatic carbocycles. The first-order chi connectivity index (χ1) is 9.28. The van der Waals surface area contributed by atoms with Crippen LogP contribution in [0.1, 0.15) is 23.3 Å². The second-order valence-electron chi connectivity index (χ2n) is 4.71. The van der Waals surface area contributed by atoms with Gasteiger partial charge in [-0.3, -0.25) is 0 Å². The third kappa shape index (κ3) is 2.83. The Morgan fingerprint density at radius 2 is 2.21 bits per heavy atom. The number of nitrogens with zero attached hydrogens (tertiary/aromatic N) is 2. The van der Waals surface area contributed by atoms with E-state index in [-0.39, 0.29) is 0 Å². The Bertz CT molecular complexity index is 612. The Kier molecular flexibility index (Phi) is 3.58. The smallest absolute Gasteiger partial charge is 0.100 e. The van der Waals surface area contributed by atoms with E-state index in [0.29, 0.717) is 11.6 Å². The molecule has 0 bridgehead atoms. The molecule has 0 unspecified atom stereocenters. The largest absolute Gasteiger partial charge is 0.363 e. The molecule has 0 saturated heterocycles. The number of rotatable bonds is 4. The van der Waals surface area contributed by atoms with Crippen LogP contribution in [-0.2, 0) is 6.54 Å². The second kappa shape index (κ2) is 5.36. The van der Waals surface area contributed by atoms with Gasteiger partial charge >= 0.3 is 0 Å². The molecule has 0 N–H and O–H groups in total. The van der Waals surface area contributed by atoms with E-state index in [1.165, 1.54) is 23.4 Å². The van der Waals surface area contributed by atoms with E-state index in [9.17, 15) is 0 Å². The van der Waals surface area contributed by atoms with Gasteiger partial charge in [-0.25, -0.2) is 0 Å². The molecule has 96 valence electrons. The zero-order chi connectivity index (χ0) is 13.2. The molecular formula is C15H13BrN2S. The minimum Gasteiger partial charge on any atom is -0.363 e. The van der Waals surface area contributed by atoms with Crippen LogP contribution in [0.4, 0.5) is 5.69 Å². The highest BCUT2D eigenvalue weighted by Gasteiger charge is 2.29. The van der Waals surface area contributed by atoms with Gasteiger partial charge in [-0.15, -0.1) is 11.3 Å². The van der Waals surface area contributed by atoms with Crippen molar-refractivity contribution in [2.45, 2.75) is 25.4 Å². The summed E-state index contributed by atoms with van der Waals surface area (Å²) in [6.07, 6.45) is 2.53. The summed E-state index contributed by atoms with van der Waals surface area (Å²) in [6, 6.07) is 13.1. The van der Waals surface area contributed by atoms with Crippen molar-refractivity contribution in [3.8, 4) is 6.07 Å². The molecule has 2 nitrogen and oxygen atoms in total. The number of nitriles is 1. The lowest BCUT2D eigenvalue weighted by Crippen LogP contribution is -2.24. The van der Waals surface area contributed by atoms with E-state index >= 15 is 0 Å². The zero-order valence-corrected chi connectivity index (χ0v) is 12.7. The van der Waals surface area contributed by atoms with Crippen LogP contribution in [0.5, 0.6) is 0 Å². The van der Waals surface area contributed by atoms with Crippen LogP contribution in [0.25, 0.3) is 0 Å². The maximum absolute atomic E-state index is 8.98. The average molecular weight is 333 g/mol. The lowest BCUT2D eigenvalue weighted by atomic mass is 10.2. The predicted octanol–water partition coefficient (Wildman–Crippen LogP) is 4.55. The predicted molar refractivity (Wildman–Crippen MR) is 82.4 cm³/mol. The van der Waals surface area contributed by atoms with Crippen molar-refractivity contribution < 1.29 is 0 Å². The van der Waals surface area contributed by atoms with Crippen molar-refractivity contribution >= 4 is 33.0 Å². The molecule has 0 spiro atoms. The van der Waals surface area contributed by atoms with E-state index in [2.05, 4.69) is 56.5 Å². The molecule has 0 aliphatic heterocycles. The topological polar surface area (TPSA) is 27.0 Å². The van der Waals surface area contributed by atoms with Crippen molar-refractivity contribution in [2.75, 3.05) is 4.90 Å². The molecule has 1 aliphatic carbocycles. The quantitative estimate of drug-likeness (QED) is 0.821. The van der Waals surface area contributed by atoms with Gasteiger partial charge in [-0.2, -0.15) is 5.26 Å². The molecule has 0 amide bonds. The van der Waals surface area contributed by atoms with Gasteiger partial charge in [0, 0.05) is 21.1 Å². The van der Waals surface area contributed by atoms with Crippen molar-refractivity contribution in [3.05, 3.63) is 50.6 Å². The monoisotopic (exact) mass is 332 g/mol. The Morgan fingerprint density at radius 1 is 1.37 bits per heavy atom. The molecule has 2 aromatic rings. The first kappa shape index (κ1) is 12.7. The number of anilines is 1. The Labute approximate surface area is 125 Å². The van der Waals surface area contributed by atoms with Gasteiger partial charge in [0.2, 0.25) is 0 Å². The number of halogens is 1. The highest BCUT2D eigenvalue weighted by Crippen LogP contribution is 2.35. The molecular weight excluding hydrogens is 320 g/mol. The molecule has 4 heteroatoms. The van der Waals surface area contributed by atoms with Gasteiger partial charge in [-0.1, -0.05) is 6.07 Å². The summed E-state index contributed by atoms with van der Waals surface area (Å²) in [5.74, 6) is 0. The van der Waals surface area contributed by atoms with Crippen LogP contribution in [0, 0.1) is 11.3 Å². The first-order valence-corrected chi connectivity index (χ1v) is 7.94. The SMILES string of the molecule is N#Cc1ccc(N(Cc2cccs2)C2CC2)cc1Br. The number of hydrogen-bond acceptors (Lipinski definition) is 3. The lowest BCUT2D eigenvalue weighted by Gasteiger charge is -2.24. The fraction of sp³-hybridized carbons (Fsp3) is 0.267. The van der Waals surface area contributed by atoms with Crippen molar-refractivity contribution in [1.29, 1.82) is 5.26 Å². The first-order valence-electron chi connectivity index (χ1n) is 6.26. The normalized spacial score (nSPS) is 14.1. The molecule has 1 aromatic heterocycles. The summed E-state index contributed by atoms with van der Waals surface area (Å²) in [7, 11) is 0. The van der Waals surface area contributed by atoms with E-state index in [4.69, 9.17) is 5.26 Å². The van der Waals surface area contributed by atoms with E-state index < -0.39 is 0 Å². The summed E-state index contributed by atoms with van der Waals surface area (Å²) in [6.45, 7) is 0.959. The second-order valence-corrected chi connectivity index (χ2v) is 6.60. The van der Waals surface area contributed by atoms with Gasteiger partial charge < -0.3 is 4.90 Å². The number of hydrogen-bond donors (Lipinski definition) is 0. The fourth-order valence-corrected chi connectivity index (χ4v) is 3.32. The minimum atomic E-state index is 0.655. The van der Waals surface area contributed by atoms with Gasteiger partial charge in [-0.05, 0) is 58.4 Å². The highest BCUT2D eigenvalue weighted by atomic mass is 79.9. The van der Waals surface area contributed by atoms with E-state index in [1.54, 1.807) is 11.3 Å². The van der Waals surface area contributed by atoms with Crippen LogP contribution in [0.3, 0.4) is 0 Å². The zero-order valence-electron chi connectivity index (χ0n) is 10.3. The van der Waals surface area contributed by atoms with Crippen molar-refractivity contribution in [2.24, 2.45) is 0 Å². The molecule has 1 fully saturated rings. The minimum absolute atomic E-state index is 0.655. The van der Waals surface area contributed by atoms with Crippen molar-refractivity contribution in [1.82, 2.24) is 0 Å². The van der Waals surface area contributed by atoms with Gasteiger partial charge in [0.25, 0.3) is 0 Å². The van der Waals surface area contributed by atoms with Gasteiger partial charge in [0.1, 0.15) is 6.07 Å². The van der Waals surface area contributed by atoms with Gasteiger partial charge in [0.15, 0.2) is 0 Å². The Morgan fingerprint density at radius 3 is 2.79 bits per heavy atom.